The minimum Gasteiger partial charge on any atom is -0.480 e. The van der Waals surface area contributed by atoms with Crippen molar-refractivity contribution in [3.05, 3.63) is 35.9 Å². The lowest BCUT2D eigenvalue weighted by molar-refractivity contribution is -0.143. The first-order chi connectivity index (χ1) is 13.3. The number of aliphatic carboxylic acids is 1. The van der Waals surface area contributed by atoms with Gasteiger partial charge in [-0.05, 0) is 5.56 Å². The van der Waals surface area contributed by atoms with E-state index in [1.165, 1.54) is 0 Å². The lowest BCUT2D eigenvalue weighted by atomic mass is 10.2. The van der Waals surface area contributed by atoms with Crippen LogP contribution in [0.2, 0.25) is 0 Å². The molecule has 0 aliphatic heterocycles. The van der Waals surface area contributed by atoms with Crippen molar-refractivity contribution >= 4 is 29.8 Å². The molecule has 1 aromatic carbocycles. The zero-order chi connectivity index (χ0) is 20.9. The normalized spacial score (nSPS) is 10.9. The molecule has 0 unspecified atom stereocenters. The number of carboxylic acid groups (broad SMARTS) is 1. The number of methoxy groups -OCH3 is 1. The molecule has 0 aromatic heterocycles. The van der Waals surface area contributed by atoms with Gasteiger partial charge in [0.1, 0.15) is 19.2 Å². The Morgan fingerprint density at radius 2 is 1.71 bits per heavy atom. The van der Waals surface area contributed by atoms with Gasteiger partial charge in [0.05, 0.1) is 20.1 Å². The van der Waals surface area contributed by atoms with E-state index in [-0.39, 0.29) is 6.61 Å². The molecule has 0 heterocycles. The van der Waals surface area contributed by atoms with Gasteiger partial charge in [0, 0.05) is 0 Å². The van der Waals surface area contributed by atoms with Gasteiger partial charge in [0.25, 0.3) is 0 Å². The number of carboxylic acids is 1. The van der Waals surface area contributed by atoms with E-state index < -0.39 is 55.4 Å². The largest absolute Gasteiger partial charge is 0.480 e. The summed E-state index contributed by atoms with van der Waals surface area (Å²) >= 11 is 0. The average Bonchev–Trinajstić information content (AvgIpc) is 2.68. The minimum atomic E-state index is -1.34. The van der Waals surface area contributed by atoms with E-state index in [1.807, 2.05) is 0 Å². The zero-order valence-corrected chi connectivity index (χ0v) is 15.1. The molecule has 0 radical (unpaired) electrons. The maximum atomic E-state index is 12.2. The molecule has 0 aliphatic rings. The molecule has 3 amide bonds. The van der Waals surface area contributed by atoms with E-state index in [9.17, 15) is 24.0 Å². The first-order valence-electron chi connectivity index (χ1n) is 8.12. The van der Waals surface area contributed by atoms with Gasteiger partial charge in [-0.1, -0.05) is 30.3 Å². The Hall–Kier alpha value is -3.63. The SMILES string of the molecule is COC(=O)C[C@@H](NC(=O)OCc1ccccc1)C(=O)NCC(=O)NCC(=O)O. The molecular weight excluding hydrogens is 374 g/mol. The number of carbonyl (C=O) groups is 5. The second-order valence-corrected chi connectivity index (χ2v) is 5.43. The van der Waals surface area contributed by atoms with Crippen LogP contribution in [0.15, 0.2) is 30.3 Å². The van der Waals surface area contributed by atoms with Crippen molar-refractivity contribution in [1.29, 1.82) is 0 Å². The summed E-state index contributed by atoms with van der Waals surface area (Å²) in [7, 11) is 1.12. The molecular formula is C17H21N3O8. The van der Waals surface area contributed by atoms with Crippen LogP contribution in [0.3, 0.4) is 0 Å². The topological polar surface area (TPSA) is 160 Å². The Kier molecular flexibility index (Phi) is 9.51. The van der Waals surface area contributed by atoms with Crippen molar-refractivity contribution in [2.24, 2.45) is 0 Å². The van der Waals surface area contributed by atoms with Gasteiger partial charge in [-0.2, -0.15) is 0 Å². The fraction of sp³-hybridized carbons (Fsp3) is 0.353. The van der Waals surface area contributed by atoms with Gasteiger partial charge >= 0.3 is 18.0 Å². The Bertz CT molecular complexity index is 708. The minimum absolute atomic E-state index is 0.0448. The van der Waals surface area contributed by atoms with Crippen LogP contribution in [0.4, 0.5) is 4.79 Å². The number of amides is 3. The van der Waals surface area contributed by atoms with E-state index in [2.05, 4.69) is 20.7 Å². The second kappa shape index (κ2) is 11.9. The number of alkyl carbamates (subject to hydrolysis) is 1. The highest BCUT2D eigenvalue weighted by atomic mass is 16.5. The lowest BCUT2D eigenvalue weighted by Crippen LogP contribution is -2.50. The predicted molar refractivity (Wildman–Crippen MR) is 93.8 cm³/mol. The fourth-order valence-corrected chi connectivity index (χ4v) is 1.89. The van der Waals surface area contributed by atoms with Crippen molar-refractivity contribution in [3.63, 3.8) is 0 Å². The van der Waals surface area contributed by atoms with Crippen LogP contribution in [-0.4, -0.2) is 61.2 Å². The van der Waals surface area contributed by atoms with Gasteiger partial charge in [-0.15, -0.1) is 0 Å². The zero-order valence-electron chi connectivity index (χ0n) is 15.1. The first-order valence-corrected chi connectivity index (χ1v) is 8.12. The van der Waals surface area contributed by atoms with Crippen LogP contribution in [0.5, 0.6) is 0 Å². The van der Waals surface area contributed by atoms with Gasteiger partial charge in [0.15, 0.2) is 0 Å². The summed E-state index contributed by atoms with van der Waals surface area (Å²) in [5.41, 5.74) is 0.724. The highest BCUT2D eigenvalue weighted by Gasteiger charge is 2.25. The third-order valence-electron chi connectivity index (χ3n) is 3.28. The number of hydrogen-bond acceptors (Lipinski definition) is 7. The standard InChI is InChI=1S/C17H21N3O8/c1-27-15(24)7-12(16(25)19-8-13(21)18-9-14(22)23)20-17(26)28-10-11-5-3-2-4-6-11/h2-6,12H,7-10H2,1H3,(H,18,21)(H,19,25)(H,20,26)(H,22,23)/t12-/m1/s1. The first kappa shape index (κ1) is 22.4. The summed E-state index contributed by atoms with van der Waals surface area (Å²) in [4.78, 5) is 57.3. The Morgan fingerprint density at radius 1 is 1.04 bits per heavy atom. The molecule has 0 spiro atoms. The van der Waals surface area contributed by atoms with Crippen molar-refractivity contribution in [2.45, 2.75) is 19.1 Å². The molecule has 0 aliphatic carbocycles. The van der Waals surface area contributed by atoms with Gasteiger partial charge in [0.2, 0.25) is 11.8 Å². The number of ether oxygens (including phenoxy) is 2. The van der Waals surface area contributed by atoms with Crippen molar-refractivity contribution < 1.29 is 38.6 Å². The number of nitrogens with one attached hydrogen (secondary N) is 3. The average molecular weight is 395 g/mol. The van der Waals surface area contributed by atoms with Crippen molar-refractivity contribution in [2.75, 3.05) is 20.2 Å². The molecule has 11 heteroatoms. The summed E-state index contributed by atoms with van der Waals surface area (Å²) in [6.07, 6.45) is -1.43. The molecule has 0 bridgehead atoms. The van der Waals surface area contributed by atoms with Crippen LogP contribution in [-0.2, 0) is 35.3 Å². The van der Waals surface area contributed by atoms with E-state index in [0.29, 0.717) is 0 Å². The van der Waals surface area contributed by atoms with Gasteiger partial charge < -0.3 is 30.5 Å². The maximum absolute atomic E-state index is 12.2. The third-order valence-corrected chi connectivity index (χ3v) is 3.28. The molecule has 4 N–H and O–H groups in total. The van der Waals surface area contributed by atoms with E-state index in [0.717, 1.165) is 12.7 Å². The van der Waals surface area contributed by atoms with Crippen LogP contribution < -0.4 is 16.0 Å². The highest BCUT2D eigenvalue weighted by Crippen LogP contribution is 2.02. The van der Waals surface area contributed by atoms with Crippen molar-refractivity contribution in [3.8, 4) is 0 Å². The number of esters is 1. The van der Waals surface area contributed by atoms with Crippen LogP contribution in [0.1, 0.15) is 12.0 Å². The number of benzene rings is 1. The molecule has 28 heavy (non-hydrogen) atoms. The summed E-state index contributed by atoms with van der Waals surface area (Å²) in [6.45, 7) is -1.19. The molecule has 11 nitrogen and oxygen atoms in total. The van der Waals surface area contributed by atoms with E-state index in [1.54, 1.807) is 30.3 Å². The predicted octanol–water partition coefficient (Wildman–Crippen LogP) is -0.838. The van der Waals surface area contributed by atoms with E-state index in [4.69, 9.17) is 9.84 Å². The summed E-state index contributed by atoms with van der Waals surface area (Å²) in [5, 5.41) is 14.9. The van der Waals surface area contributed by atoms with Crippen LogP contribution >= 0.6 is 0 Å². The summed E-state index contributed by atoms with van der Waals surface area (Å²) in [5.74, 6) is -3.60. The number of rotatable bonds is 10. The third kappa shape index (κ3) is 9.17. The highest BCUT2D eigenvalue weighted by molar-refractivity contribution is 5.92. The Morgan fingerprint density at radius 3 is 2.32 bits per heavy atom. The Labute approximate surface area is 160 Å². The molecule has 1 aromatic rings. The van der Waals surface area contributed by atoms with Gasteiger partial charge in [-0.3, -0.25) is 19.2 Å². The lowest BCUT2D eigenvalue weighted by Gasteiger charge is -2.17. The molecule has 0 saturated heterocycles. The molecule has 1 rings (SSSR count). The number of carbonyl (C=O) groups excluding carboxylic acids is 4. The fourth-order valence-electron chi connectivity index (χ4n) is 1.89. The molecule has 1 atom stereocenters. The summed E-state index contributed by atoms with van der Waals surface area (Å²) in [6, 6.07) is 7.46. The second-order valence-electron chi connectivity index (χ2n) is 5.43. The van der Waals surface area contributed by atoms with Gasteiger partial charge in [-0.25, -0.2) is 4.79 Å². The molecule has 0 saturated carbocycles. The molecule has 0 fully saturated rings. The molecule has 152 valence electrons. The smallest absolute Gasteiger partial charge is 0.408 e. The summed E-state index contributed by atoms with van der Waals surface area (Å²) < 4.78 is 9.46. The maximum Gasteiger partial charge on any atom is 0.408 e. The monoisotopic (exact) mass is 395 g/mol. The van der Waals surface area contributed by atoms with Crippen LogP contribution in [0, 0.1) is 0 Å². The quantitative estimate of drug-likeness (QED) is 0.373. The van der Waals surface area contributed by atoms with Crippen molar-refractivity contribution in [1.82, 2.24) is 16.0 Å². The Balaban J connectivity index is 2.56. The van der Waals surface area contributed by atoms with Crippen LogP contribution in [0.25, 0.3) is 0 Å². The van der Waals surface area contributed by atoms with E-state index >= 15 is 0 Å². The number of hydrogen-bond donors (Lipinski definition) is 4.